The molecule has 11 rings (SSSR count). The van der Waals surface area contributed by atoms with Gasteiger partial charge in [-0.05, 0) is 51.9 Å². The Labute approximate surface area is 330 Å². The van der Waals surface area contributed by atoms with Crippen molar-refractivity contribution < 1.29 is 0 Å². The van der Waals surface area contributed by atoms with Gasteiger partial charge in [-0.3, -0.25) is 4.98 Å². The summed E-state index contributed by atoms with van der Waals surface area (Å²) in [6, 6.07) is 46.4. The first-order chi connectivity index (χ1) is 28.7. The normalized spacial score (nSPS) is 11.4. The van der Waals surface area contributed by atoms with E-state index in [1.807, 2.05) is 97.1 Å². The third-order valence-corrected chi connectivity index (χ3v) is 10.1. The molecule has 0 amide bonds. The zero-order valence-corrected chi connectivity index (χ0v) is 30.5. The molecule has 5 aromatic heterocycles. The van der Waals surface area contributed by atoms with E-state index in [4.69, 9.17) is 19.9 Å². The largest absolute Gasteiger partial charge is 0.254 e. The molecule has 5 heterocycles. The predicted molar refractivity (Wildman–Crippen MR) is 225 cm³/mol. The second-order valence-corrected chi connectivity index (χ2v) is 13.7. The molecule has 0 bridgehead atoms. The highest BCUT2D eigenvalue weighted by atomic mass is 15.0. The summed E-state index contributed by atoms with van der Waals surface area (Å²) < 4.78 is 0. The van der Waals surface area contributed by atoms with Crippen molar-refractivity contribution in [2.24, 2.45) is 0 Å². The maximum atomic E-state index is 4.97. The van der Waals surface area contributed by atoms with E-state index in [1.165, 1.54) is 6.33 Å². The van der Waals surface area contributed by atoms with Crippen molar-refractivity contribution in [2.45, 2.75) is 0 Å². The molecule has 11 heteroatoms. The number of fused-ring (bicyclic) bond motifs is 6. The third-order valence-electron chi connectivity index (χ3n) is 10.1. The quantitative estimate of drug-likeness (QED) is 0.150. The minimum Gasteiger partial charge on any atom is -0.254 e. The number of hydrogen-bond donors (Lipinski definition) is 0. The maximum absolute atomic E-state index is 4.97. The van der Waals surface area contributed by atoms with Gasteiger partial charge in [0.15, 0.2) is 34.9 Å². The summed E-state index contributed by atoms with van der Waals surface area (Å²) >= 11 is 0. The lowest BCUT2D eigenvalue weighted by Gasteiger charge is -2.13. The maximum Gasteiger partial charge on any atom is 0.181 e. The van der Waals surface area contributed by atoms with Gasteiger partial charge in [0.1, 0.15) is 24.7 Å². The van der Waals surface area contributed by atoms with E-state index in [1.54, 1.807) is 18.9 Å². The fourth-order valence-corrected chi connectivity index (χ4v) is 7.35. The third kappa shape index (κ3) is 5.90. The Morgan fingerprint density at radius 1 is 0.293 bits per heavy atom. The van der Waals surface area contributed by atoms with Crippen LogP contribution in [0.4, 0.5) is 0 Å². The minimum absolute atomic E-state index is 0.467. The van der Waals surface area contributed by atoms with Gasteiger partial charge in [-0.25, -0.2) is 49.8 Å². The molecular formula is C47H27N11. The number of rotatable bonds is 6. The van der Waals surface area contributed by atoms with Crippen molar-refractivity contribution in [2.75, 3.05) is 0 Å². The summed E-state index contributed by atoms with van der Waals surface area (Å²) in [5.41, 5.74) is 6.60. The molecule has 0 aliphatic carbocycles. The SMILES string of the molecule is c1ccc(-c2ncnc(-c3ccc4c(-c5ncnc(-c6ccccc6)n5)cc5cc(-c6ncnc(-c7ccc8ccc9cccnc9c8n7)n6)ccc5c4c3)n2)cc1. The number of hydrogen-bond acceptors (Lipinski definition) is 11. The summed E-state index contributed by atoms with van der Waals surface area (Å²) in [6.07, 6.45) is 6.43. The molecule has 270 valence electrons. The van der Waals surface area contributed by atoms with Crippen LogP contribution in [0.5, 0.6) is 0 Å². The van der Waals surface area contributed by atoms with Gasteiger partial charge in [-0.2, -0.15) is 0 Å². The van der Waals surface area contributed by atoms with Crippen LogP contribution in [0.1, 0.15) is 0 Å². The Bertz CT molecular complexity index is 3360. The fourth-order valence-electron chi connectivity index (χ4n) is 7.35. The fraction of sp³-hybridized carbons (Fsp3) is 0. The van der Waals surface area contributed by atoms with Crippen LogP contribution in [0, 0.1) is 0 Å². The molecule has 11 aromatic rings. The molecule has 0 saturated heterocycles. The molecule has 0 radical (unpaired) electrons. The van der Waals surface area contributed by atoms with Crippen LogP contribution in [-0.2, 0) is 0 Å². The topological polar surface area (TPSA) is 142 Å². The van der Waals surface area contributed by atoms with Crippen LogP contribution in [0.3, 0.4) is 0 Å². The van der Waals surface area contributed by atoms with E-state index in [-0.39, 0.29) is 0 Å². The standard InChI is InChI=1S/C47H27N11/c1-3-8-30(9-4-1)42-49-25-51-45(56-42)33-16-19-36-37(23-33)35-18-15-32(22-34(35)24-38(36)46-53-26-50-43(57-46)31-10-5-2-6-11-31)44-52-27-54-47(58-44)39-20-17-29-14-13-28-12-7-21-48-40(28)41(29)55-39/h1-27H. The molecule has 0 aliphatic rings. The average Bonchev–Trinajstić information content (AvgIpc) is 3.31. The summed E-state index contributed by atoms with van der Waals surface area (Å²) in [5.74, 6) is 3.30. The van der Waals surface area contributed by atoms with Crippen LogP contribution in [0.25, 0.3) is 112 Å². The van der Waals surface area contributed by atoms with Gasteiger partial charge in [-0.15, -0.1) is 0 Å². The Morgan fingerprint density at radius 3 is 1.55 bits per heavy atom. The van der Waals surface area contributed by atoms with Crippen molar-refractivity contribution in [1.82, 2.24) is 54.8 Å². The van der Waals surface area contributed by atoms with Crippen LogP contribution in [0.2, 0.25) is 0 Å². The van der Waals surface area contributed by atoms with Crippen LogP contribution in [0.15, 0.2) is 165 Å². The Kier molecular flexibility index (Phi) is 7.85. The van der Waals surface area contributed by atoms with Crippen LogP contribution >= 0.6 is 0 Å². The van der Waals surface area contributed by atoms with E-state index in [0.717, 1.165) is 71.2 Å². The molecule has 0 atom stereocenters. The second kappa shape index (κ2) is 13.8. The lowest BCUT2D eigenvalue weighted by molar-refractivity contribution is 1.05. The van der Waals surface area contributed by atoms with Crippen LogP contribution < -0.4 is 0 Å². The molecule has 0 saturated carbocycles. The molecular weight excluding hydrogens is 719 g/mol. The molecule has 11 nitrogen and oxygen atoms in total. The summed E-state index contributed by atoms with van der Waals surface area (Å²) in [4.78, 5) is 51.7. The molecule has 6 aromatic carbocycles. The first kappa shape index (κ1) is 33.1. The first-order valence-electron chi connectivity index (χ1n) is 18.6. The lowest BCUT2D eigenvalue weighted by atomic mass is 9.94. The molecule has 0 aliphatic heterocycles. The highest BCUT2D eigenvalue weighted by molar-refractivity contribution is 6.15. The zero-order chi connectivity index (χ0) is 38.4. The van der Waals surface area contributed by atoms with E-state index < -0.39 is 0 Å². The number of pyridine rings is 2. The van der Waals surface area contributed by atoms with Crippen LogP contribution in [-0.4, -0.2) is 54.8 Å². The smallest absolute Gasteiger partial charge is 0.181 e. The van der Waals surface area contributed by atoms with Gasteiger partial charge in [0.25, 0.3) is 0 Å². The van der Waals surface area contributed by atoms with Crippen molar-refractivity contribution >= 4 is 43.4 Å². The van der Waals surface area contributed by atoms with E-state index >= 15 is 0 Å². The van der Waals surface area contributed by atoms with Gasteiger partial charge in [-0.1, -0.05) is 109 Å². The highest BCUT2D eigenvalue weighted by Gasteiger charge is 2.17. The van der Waals surface area contributed by atoms with Gasteiger partial charge in [0, 0.05) is 44.8 Å². The van der Waals surface area contributed by atoms with Crippen molar-refractivity contribution in [3.63, 3.8) is 0 Å². The number of benzene rings is 6. The monoisotopic (exact) mass is 745 g/mol. The van der Waals surface area contributed by atoms with Gasteiger partial charge < -0.3 is 0 Å². The lowest BCUT2D eigenvalue weighted by Crippen LogP contribution is -1.98. The highest BCUT2D eigenvalue weighted by Crippen LogP contribution is 2.38. The van der Waals surface area contributed by atoms with E-state index in [0.29, 0.717) is 40.6 Å². The van der Waals surface area contributed by atoms with E-state index in [2.05, 4.69) is 77.4 Å². The first-order valence-corrected chi connectivity index (χ1v) is 18.6. The van der Waals surface area contributed by atoms with Crippen molar-refractivity contribution in [3.8, 4) is 68.5 Å². The Hall–Kier alpha value is -8.31. The summed E-state index contributed by atoms with van der Waals surface area (Å²) in [5, 5.41) is 5.93. The van der Waals surface area contributed by atoms with Gasteiger partial charge >= 0.3 is 0 Å². The minimum atomic E-state index is 0.467. The summed E-state index contributed by atoms with van der Waals surface area (Å²) in [6.45, 7) is 0. The molecule has 0 spiro atoms. The zero-order valence-electron chi connectivity index (χ0n) is 30.5. The van der Waals surface area contributed by atoms with Gasteiger partial charge in [0.05, 0.1) is 11.0 Å². The Morgan fingerprint density at radius 2 is 0.845 bits per heavy atom. The Balaban J connectivity index is 1.06. The second-order valence-electron chi connectivity index (χ2n) is 13.7. The number of nitrogens with zero attached hydrogens (tertiary/aromatic N) is 11. The molecule has 0 fully saturated rings. The van der Waals surface area contributed by atoms with Crippen molar-refractivity contribution in [1.29, 1.82) is 0 Å². The molecule has 58 heavy (non-hydrogen) atoms. The average molecular weight is 746 g/mol. The predicted octanol–water partition coefficient (Wildman–Crippen LogP) is 9.65. The summed E-state index contributed by atoms with van der Waals surface area (Å²) in [7, 11) is 0. The van der Waals surface area contributed by atoms with E-state index in [9.17, 15) is 0 Å². The number of aromatic nitrogens is 11. The van der Waals surface area contributed by atoms with Gasteiger partial charge in [0.2, 0.25) is 0 Å². The molecule has 0 N–H and O–H groups in total. The molecule has 0 unspecified atom stereocenters. The van der Waals surface area contributed by atoms with Crippen molar-refractivity contribution in [3.05, 3.63) is 165 Å².